The molecule has 3 heteroatoms. The highest BCUT2D eigenvalue weighted by atomic mass is 32.2. The van der Waals surface area contributed by atoms with Crippen molar-refractivity contribution in [2.45, 2.75) is 19.1 Å². The molecule has 0 aromatic rings. The number of thioether (sulfide) groups is 1. The van der Waals surface area contributed by atoms with Gasteiger partial charge in [-0.1, -0.05) is 0 Å². The Hall–Kier alpha value is 0.270. The molecule has 1 unspecified atom stereocenters. The van der Waals surface area contributed by atoms with Crippen molar-refractivity contribution in [1.82, 2.24) is 0 Å². The van der Waals surface area contributed by atoms with Gasteiger partial charge >= 0.3 is 0 Å². The molecule has 0 radical (unpaired) electrons. The lowest BCUT2D eigenvalue weighted by atomic mass is 10.2. The second-order valence-electron chi connectivity index (χ2n) is 1.86. The topological polar surface area (TPSA) is 46.2 Å². The summed E-state index contributed by atoms with van der Waals surface area (Å²) in [6, 6.07) is -0.0648. The van der Waals surface area contributed by atoms with Gasteiger partial charge in [-0.3, -0.25) is 0 Å². The third-order valence-electron chi connectivity index (χ3n) is 0.979. The molecule has 0 aliphatic heterocycles. The molecule has 0 aliphatic rings. The predicted molar refractivity (Wildman–Crippen MR) is 38.0 cm³/mol. The van der Waals surface area contributed by atoms with Crippen molar-refractivity contribution in [3.05, 3.63) is 0 Å². The third-order valence-corrected chi connectivity index (χ3v) is 1.70. The van der Waals surface area contributed by atoms with Crippen LogP contribution in [0.2, 0.25) is 0 Å². The van der Waals surface area contributed by atoms with Crippen LogP contribution in [0.25, 0.3) is 0 Å². The van der Waals surface area contributed by atoms with Crippen LogP contribution in [0, 0.1) is 0 Å². The largest absolute Gasteiger partial charge is 0.392 e. The van der Waals surface area contributed by atoms with E-state index in [4.69, 9.17) is 10.8 Å². The van der Waals surface area contributed by atoms with Crippen LogP contribution < -0.4 is 5.73 Å². The number of aliphatic hydroxyl groups excluding tert-OH is 1. The third kappa shape index (κ3) is 3.29. The monoisotopic (exact) mass is 135 g/mol. The van der Waals surface area contributed by atoms with Gasteiger partial charge in [0.05, 0.1) is 6.10 Å². The van der Waals surface area contributed by atoms with Crippen molar-refractivity contribution in [2.24, 2.45) is 5.73 Å². The first-order valence-corrected chi connectivity index (χ1v) is 4.00. The van der Waals surface area contributed by atoms with Gasteiger partial charge in [-0.15, -0.1) is 0 Å². The number of aliphatic hydroxyl groups is 1. The molecule has 0 saturated heterocycles. The highest BCUT2D eigenvalue weighted by molar-refractivity contribution is 7.98. The van der Waals surface area contributed by atoms with Gasteiger partial charge in [0.15, 0.2) is 0 Å². The van der Waals surface area contributed by atoms with Crippen molar-refractivity contribution in [3.8, 4) is 0 Å². The summed E-state index contributed by atoms with van der Waals surface area (Å²) < 4.78 is 0. The minimum absolute atomic E-state index is 0.0648. The molecule has 0 bridgehead atoms. The van der Waals surface area contributed by atoms with E-state index in [1.165, 1.54) is 0 Å². The van der Waals surface area contributed by atoms with Crippen molar-refractivity contribution >= 4 is 11.8 Å². The zero-order valence-electron chi connectivity index (χ0n) is 5.29. The van der Waals surface area contributed by atoms with Gasteiger partial charge in [0.2, 0.25) is 0 Å². The van der Waals surface area contributed by atoms with Crippen LogP contribution in [0.4, 0.5) is 0 Å². The maximum absolute atomic E-state index is 8.81. The molecule has 0 fully saturated rings. The number of nitrogens with two attached hydrogens (primary N) is 1. The van der Waals surface area contributed by atoms with E-state index in [0.29, 0.717) is 0 Å². The molecule has 50 valence electrons. The SMILES string of the molecule is CSC[C@H](N)C(C)O. The van der Waals surface area contributed by atoms with Gasteiger partial charge in [-0.05, 0) is 13.2 Å². The van der Waals surface area contributed by atoms with Crippen molar-refractivity contribution < 1.29 is 5.11 Å². The van der Waals surface area contributed by atoms with Crippen LogP contribution in [-0.2, 0) is 0 Å². The molecule has 3 N–H and O–H groups in total. The van der Waals surface area contributed by atoms with Gasteiger partial charge in [-0.25, -0.2) is 0 Å². The number of hydrogen-bond acceptors (Lipinski definition) is 3. The molecule has 0 aromatic heterocycles. The summed E-state index contributed by atoms with van der Waals surface area (Å²) in [5, 5.41) is 8.81. The van der Waals surface area contributed by atoms with E-state index in [1.807, 2.05) is 6.26 Å². The summed E-state index contributed by atoms with van der Waals surface area (Å²) >= 11 is 1.65. The van der Waals surface area contributed by atoms with E-state index in [2.05, 4.69) is 0 Å². The quantitative estimate of drug-likeness (QED) is 0.575. The zero-order chi connectivity index (χ0) is 6.57. The first-order valence-electron chi connectivity index (χ1n) is 2.61. The van der Waals surface area contributed by atoms with E-state index in [1.54, 1.807) is 18.7 Å². The normalized spacial score (nSPS) is 18.0. The van der Waals surface area contributed by atoms with Crippen LogP contribution >= 0.6 is 11.8 Å². The highest BCUT2D eigenvalue weighted by Crippen LogP contribution is 1.97. The fourth-order valence-electron chi connectivity index (χ4n) is 0.332. The molecule has 8 heavy (non-hydrogen) atoms. The fraction of sp³-hybridized carbons (Fsp3) is 1.00. The second-order valence-corrected chi connectivity index (χ2v) is 2.77. The Morgan fingerprint density at radius 1 is 1.75 bits per heavy atom. The second kappa shape index (κ2) is 4.18. The predicted octanol–water partition coefficient (Wildman–Crippen LogP) is 0.0575. The van der Waals surface area contributed by atoms with Gasteiger partial charge in [0.1, 0.15) is 0 Å². The molecule has 2 nitrogen and oxygen atoms in total. The average molecular weight is 135 g/mol. The Bertz CT molecular complexity index is 58.4. The highest BCUT2D eigenvalue weighted by Gasteiger charge is 2.06. The van der Waals surface area contributed by atoms with Gasteiger partial charge < -0.3 is 10.8 Å². The summed E-state index contributed by atoms with van der Waals surface area (Å²) in [5.74, 6) is 0.831. The smallest absolute Gasteiger partial charge is 0.0671 e. The van der Waals surface area contributed by atoms with Crippen LogP contribution in [0.15, 0.2) is 0 Å². The lowest BCUT2D eigenvalue weighted by Gasteiger charge is -2.11. The van der Waals surface area contributed by atoms with E-state index in [9.17, 15) is 0 Å². The van der Waals surface area contributed by atoms with E-state index >= 15 is 0 Å². The molecule has 0 saturated carbocycles. The summed E-state index contributed by atoms with van der Waals surface area (Å²) in [5.41, 5.74) is 5.46. The molecule has 0 heterocycles. The number of rotatable bonds is 3. The number of hydrogen-bond donors (Lipinski definition) is 2. The molecule has 0 amide bonds. The molecule has 0 spiro atoms. The van der Waals surface area contributed by atoms with Crippen LogP contribution in [-0.4, -0.2) is 29.3 Å². The van der Waals surface area contributed by atoms with Crippen LogP contribution in [0.1, 0.15) is 6.92 Å². The Morgan fingerprint density at radius 3 is 2.38 bits per heavy atom. The van der Waals surface area contributed by atoms with Gasteiger partial charge in [0, 0.05) is 11.8 Å². The van der Waals surface area contributed by atoms with Crippen molar-refractivity contribution in [1.29, 1.82) is 0 Å². The minimum Gasteiger partial charge on any atom is -0.392 e. The van der Waals surface area contributed by atoms with Crippen molar-refractivity contribution in [2.75, 3.05) is 12.0 Å². The van der Waals surface area contributed by atoms with Gasteiger partial charge in [-0.2, -0.15) is 11.8 Å². The Labute approximate surface area is 54.5 Å². The molecule has 2 atom stereocenters. The van der Waals surface area contributed by atoms with Crippen molar-refractivity contribution in [3.63, 3.8) is 0 Å². The van der Waals surface area contributed by atoms with Gasteiger partial charge in [0.25, 0.3) is 0 Å². The fourth-order valence-corrected chi connectivity index (χ4v) is 0.995. The summed E-state index contributed by atoms with van der Waals surface area (Å²) in [6.45, 7) is 1.71. The van der Waals surface area contributed by atoms with E-state index in [-0.39, 0.29) is 12.1 Å². The lowest BCUT2D eigenvalue weighted by Crippen LogP contribution is -2.34. The maximum atomic E-state index is 8.81. The maximum Gasteiger partial charge on any atom is 0.0671 e. The standard InChI is InChI=1S/C5H13NOS/c1-4(7)5(6)3-8-2/h4-5,7H,3,6H2,1-2H3/t4?,5-/m0/s1. The minimum atomic E-state index is -0.373. The molecule has 0 aliphatic carbocycles. The van der Waals surface area contributed by atoms with Crippen LogP contribution in [0.3, 0.4) is 0 Å². The first-order chi connectivity index (χ1) is 3.68. The molecule has 0 rings (SSSR count). The zero-order valence-corrected chi connectivity index (χ0v) is 6.11. The Balaban J connectivity index is 3.17. The summed E-state index contributed by atoms with van der Waals surface area (Å²) in [4.78, 5) is 0. The Morgan fingerprint density at radius 2 is 2.25 bits per heavy atom. The molecule has 0 aromatic carbocycles. The van der Waals surface area contributed by atoms with E-state index < -0.39 is 0 Å². The summed E-state index contributed by atoms with van der Waals surface area (Å²) in [7, 11) is 0. The first kappa shape index (κ1) is 8.27. The molecular formula is C5H13NOS. The van der Waals surface area contributed by atoms with Crippen LogP contribution in [0.5, 0.6) is 0 Å². The average Bonchev–Trinajstić information content (AvgIpc) is 1.67. The summed E-state index contributed by atoms with van der Waals surface area (Å²) in [6.07, 6.45) is 1.60. The Kier molecular flexibility index (Phi) is 4.32. The molecular weight excluding hydrogens is 122 g/mol. The van der Waals surface area contributed by atoms with E-state index in [0.717, 1.165) is 5.75 Å². The lowest BCUT2D eigenvalue weighted by molar-refractivity contribution is 0.172.